The Bertz CT molecular complexity index is 1320. The molecular weight excluding hydrogens is 537 g/mol. The topological polar surface area (TPSA) is 98.6 Å². The van der Waals surface area contributed by atoms with Gasteiger partial charge in [-0.15, -0.1) is 0 Å². The van der Waals surface area contributed by atoms with Crippen LogP contribution in [0.5, 0.6) is 17.2 Å². The number of ether oxygens (including phenoxy) is 2. The van der Waals surface area contributed by atoms with E-state index in [9.17, 15) is 14.0 Å². The normalized spacial score (nSPS) is 13.6. The van der Waals surface area contributed by atoms with Crippen molar-refractivity contribution in [3.05, 3.63) is 96.6 Å². The van der Waals surface area contributed by atoms with Crippen molar-refractivity contribution in [3.8, 4) is 17.2 Å². The summed E-state index contributed by atoms with van der Waals surface area (Å²) in [4.78, 5) is 25.4. The van der Waals surface area contributed by atoms with Crippen LogP contribution in [-0.4, -0.2) is 58.8 Å². The molecule has 1 aromatic heterocycles. The number of likely N-dealkylation sites (tertiary alicyclic amines) is 1. The summed E-state index contributed by atoms with van der Waals surface area (Å²) in [7, 11) is 3.64. The molecule has 1 N–H and O–H groups in total. The van der Waals surface area contributed by atoms with Gasteiger partial charge in [-0.2, -0.15) is 15.0 Å². The Morgan fingerprint density at radius 1 is 1.00 bits per heavy atom. The summed E-state index contributed by atoms with van der Waals surface area (Å²) in [5.74, 6) is 1.85. The Kier molecular flexibility index (Phi) is 15.0. The summed E-state index contributed by atoms with van der Waals surface area (Å²) in [6, 6.07) is 20.9. The fraction of sp³-hybridized carbons (Fsp3) is 0.312. The van der Waals surface area contributed by atoms with Crippen molar-refractivity contribution in [2.45, 2.75) is 46.2 Å². The molecule has 1 saturated heterocycles. The second kappa shape index (κ2) is 18.7. The van der Waals surface area contributed by atoms with E-state index in [0.29, 0.717) is 11.5 Å². The lowest BCUT2D eigenvalue weighted by atomic mass is 10.2. The van der Waals surface area contributed by atoms with Gasteiger partial charge in [-0.05, 0) is 99.6 Å². The van der Waals surface area contributed by atoms with Gasteiger partial charge in [-0.25, -0.2) is 4.39 Å². The van der Waals surface area contributed by atoms with Gasteiger partial charge in [0, 0.05) is 5.69 Å². The highest BCUT2D eigenvalue weighted by Gasteiger charge is 2.27. The van der Waals surface area contributed by atoms with Crippen molar-refractivity contribution in [1.82, 2.24) is 19.9 Å². The van der Waals surface area contributed by atoms with E-state index in [1.165, 1.54) is 34.9 Å². The van der Waals surface area contributed by atoms with E-state index in [2.05, 4.69) is 20.4 Å². The molecule has 1 atom stereocenters. The Labute approximate surface area is 247 Å². The molecule has 9 nitrogen and oxygen atoms in total. The molecule has 224 valence electrons. The van der Waals surface area contributed by atoms with Crippen molar-refractivity contribution in [3.63, 3.8) is 0 Å². The average Bonchev–Trinajstić information content (AvgIpc) is 3.69. The zero-order valence-electron chi connectivity index (χ0n) is 24.9. The zero-order valence-corrected chi connectivity index (χ0v) is 24.9. The van der Waals surface area contributed by atoms with Gasteiger partial charge >= 0.3 is 0 Å². The number of amides is 1. The molecule has 0 aliphatic carbocycles. The Morgan fingerprint density at radius 3 is 2.12 bits per heavy atom. The van der Waals surface area contributed by atoms with Crippen LogP contribution >= 0.6 is 0 Å². The third-order valence-corrected chi connectivity index (χ3v) is 5.92. The number of methoxy groups -OCH3 is 1. The highest BCUT2D eigenvalue weighted by molar-refractivity contribution is 5.95. The molecule has 0 radical (unpaired) electrons. The summed E-state index contributed by atoms with van der Waals surface area (Å²) in [6.07, 6.45) is 5.76. The average molecular weight is 578 g/mol. The minimum Gasteiger partial charge on any atom is -0.497 e. The SMILES string of the molecule is CC.CN1CCC[C@H]1C(=O)Nc1ccc(Oc2ccc(F)cc2)cc1.COc1cccc(C)c1.O=CCn1nccn1. The van der Waals surface area contributed by atoms with Crippen LogP contribution in [0.25, 0.3) is 0 Å². The maximum atomic E-state index is 12.9. The summed E-state index contributed by atoms with van der Waals surface area (Å²) < 4.78 is 23.5. The number of likely N-dealkylation sites (N-methyl/N-ethyl adjacent to an activating group) is 1. The number of hydrogen-bond donors (Lipinski definition) is 1. The molecule has 0 bridgehead atoms. The van der Waals surface area contributed by atoms with E-state index in [-0.39, 0.29) is 24.3 Å². The second-order valence-electron chi connectivity index (χ2n) is 8.98. The minimum atomic E-state index is -0.299. The maximum Gasteiger partial charge on any atom is 0.241 e. The molecule has 0 spiro atoms. The number of nitrogens with one attached hydrogen (secondary N) is 1. The highest BCUT2D eigenvalue weighted by Crippen LogP contribution is 2.24. The van der Waals surface area contributed by atoms with Crippen molar-refractivity contribution in [2.75, 3.05) is 26.0 Å². The molecule has 1 fully saturated rings. The van der Waals surface area contributed by atoms with Crippen LogP contribution in [0.3, 0.4) is 0 Å². The molecule has 0 saturated carbocycles. The summed E-state index contributed by atoms with van der Waals surface area (Å²) in [5.41, 5.74) is 1.97. The molecule has 5 rings (SSSR count). The van der Waals surface area contributed by atoms with E-state index >= 15 is 0 Å². The van der Waals surface area contributed by atoms with Crippen molar-refractivity contribution in [2.24, 2.45) is 0 Å². The Balaban J connectivity index is 0.000000265. The van der Waals surface area contributed by atoms with Gasteiger partial charge in [0.15, 0.2) is 0 Å². The van der Waals surface area contributed by atoms with Crippen LogP contribution in [0.4, 0.5) is 10.1 Å². The second-order valence-corrected chi connectivity index (χ2v) is 8.98. The largest absolute Gasteiger partial charge is 0.497 e. The van der Waals surface area contributed by atoms with E-state index in [1.54, 1.807) is 43.5 Å². The molecule has 1 aliphatic rings. The molecule has 2 heterocycles. The van der Waals surface area contributed by atoms with Gasteiger partial charge in [0.25, 0.3) is 0 Å². The van der Waals surface area contributed by atoms with Gasteiger partial charge in [0.1, 0.15) is 35.9 Å². The van der Waals surface area contributed by atoms with Crippen LogP contribution in [0.2, 0.25) is 0 Å². The third-order valence-electron chi connectivity index (χ3n) is 5.92. The van der Waals surface area contributed by atoms with Gasteiger partial charge in [-0.3, -0.25) is 9.69 Å². The Morgan fingerprint density at radius 2 is 1.62 bits per heavy atom. The number of hydrogen-bond acceptors (Lipinski definition) is 7. The van der Waals surface area contributed by atoms with E-state index in [4.69, 9.17) is 9.47 Å². The number of aldehydes is 1. The van der Waals surface area contributed by atoms with Gasteiger partial charge < -0.3 is 19.6 Å². The van der Waals surface area contributed by atoms with Crippen LogP contribution in [0, 0.1) is 12.7 Å². The first-order valence-electron chi connectivity index (χ1n) is 13.8. The fourth-order valence-corrected chi connectivity index (χ4v) is 3.86. The van der Waals surface area contributed by atoms with Crippen molar-refractivity contribution in [1.29, 1.82) is 0 Å². The predicted octanol–water partition coefficient (Wildman–Crippen LogP) is 6.16. The first-order valence-corrected chi connectivity index (χ1v) is 13.8. The standard InChI is InChI=1S/C18H19FN2O2.C8H10O.C4H5N3O.C2H6/c1-21-12-2-3-17(21)18(22)20-14-6-10-16(11-7-14)23-15-8-4-13(19)5-9-15;1-7-4-3-5-8(6-7)9-2;8-4-3-7-5-1-2-6-7;1-2/h4-11,17H,2-3,12H2,1H3,(H,20,22);3-6H,1-2H3;1-2,4H,3H2;1-2H3/t17-;;;/m0.../s1. The van der Waals surface area contributed by atoms with Gasteiger partial charge in [0.2, 0.25) is 5.91 Å². The first kappa shape index (κ1) is 33.6. The highest BCUT2D eigenvalue weighted by atomic mass is 19.1. The number of carbonyl (C=O) groups excluding carboxylic acids is 2. The van der Waals surface area contributed by atoms with Crippen LogP contribution in [0.15, 0.2) is 85.2 Å². The summed E-state index contributed by atoms with van der Waals surface area (Å²) in [5, 5.41) is 10.3. The number of anilines is 1. The van der Waals surface area contributed by atoms with Gasteiger partial charge in [0.05, 0.1) is 25.5 Å². The predicted molar refractivity (Wildman–Crippen MR) is 162 cm³/mol. The summed E-state index contributed by atoms with van der Waals surface area (Å²) >= 11 is 0. The van der Waals surface area contributed by atoms with E-state index in [0.717, 1.165) is 37.1 Å². The fourth-order valence-electron chi connectivity index (χ4n) is 3.86. The lowest BCUT2D eigenvalue weighted by molar-refractivity contribution is -0.120. The van der Waals surface area contributed by atoms with Crippen molar-refractivity contribution >= 4 is 17.9 Å². The number of halogens is 1. The number of rotatable bonds is 7. The molecule has 42 heavy (non-hydrogen) atoms. The number of carbonyl (C=O) groups is 2. The van der Waals surface area contributed by atoms with Crippen LogP contribution < -0.4 is 14.8 Å². The van der Waals surface area contributed by atoms with Gasteiger partial charge in [-0.1, -0.05) is 26.0 Å². The molecule has 4 aromatic rings. The zero-order chi connectivity index (χ0) is 30.7. The quantitative estimate of drug-likeness (QED) is 0.263. The maximum absolute atomic E-state index is 12.9. The molecule has 3 aromatic carbocycles. The number of benzene rings is 3. The number of aromatic nitrogens is 3. The monoisotopic (exact) mass is 577 g/mol. The Hall–Kier alpha value is -4.57. The molecule has 10 heteroatoms. The third kappa shape index (κ3) is 11.9. The number of aryl methyl sites for hydroxylation is 1. The summed E-state index contributed by atoms with van der Waals surface area (Å²) in [6.45, 7) is 7.25. The van der Waals surface area contributed by atoms with Crippen LogP contribution in [-0.2, 0) is 16.1 Å². The first-order chi connectivity index (χ1) is 20.4. The molecule has 1 amide bonds. The van der Waals surface area contributed by atoms with E-state index < -0.39 is 0 Å². The number of nitrogens with zero attached hydrogens (tertiary/aromatic N) is 4. The van der Waals surface area contributed by atoms with E-state index in [1.807, 2.05) is 52.1 Å². The van der Waals surface area contributed by atoms with Crippen molar-refractivity contribution < 1.29 is 23.5 Å². The molecule has 1 aliphatic heterocycles. The lowest BCUT2D eigenvalue weighted by Gasteiger charge is -2.18. The molecule has 0 unspecified atom stereocenters. The lowest BCUT2D eigenvalue weighted by Crippen LogP contribution is -2.37. The minimum absolute atomic E-state index is 0.0252. The van der Waals surface area contributed by atoms with Crippen LogP contribution in [0.1, 0.15) is 32.3 Å². The smallest absolute Gasteiger partial charge is 0.241 e. The molecular formula is C32H40FN5O4.